The van der Waals surface area contributed by atoms with Gasteiger partial charge in [0.1, 0.15) is 6.61 Å². The Balaban J connectivity index is 3.39. The van der Waals surface area contributed by atoms with Gasteiger partial charge in [-0.2, -0.15) is 0 Å². The molecule has 0 saturated carbocycles. The SMILES string of the molecule is CC/C=C\C/C=C\C/C=C\C/C=C\C/C=C\C/C=C\C/C=C\CCCCCCCCCCCCCCCCCCCC(=O)OC(CO)COC(=O)CCCCCCCCCCCCCCCCCCCCCCCCCCCCCCCCCCCCCCCCC. The molecule has 0 saturated heterocycles. The third kappa shape index (κ3) is 79.5. The van der Waals surface area contributed by atoms with Gasteiger partial charge in [-0.15, -0.1) is 0 Å². The number of aliphatic hydroxyl groups excluding tert-OH is 1. The lowest BCUT2D eigenvalue weighted by Gasteiger charge is -2.15. The van der Waals surface area contributed by atoms with Crippen LogP contribution >= 0.6 is 0 Å². The molecule has 0 aliphatic carbocycles. The quantitative estimate of drug-likeness (QED) is 0.0373. The van der Waals surface area contributed by atoms with Gasteiger partial charge in [0.2, 0.25) is 0 Å². The van der Waals surface area contributed by atoms with Crippen LogP contribution in [-0.4, -0.2) is 36.4 Å². The number of hydrogen-bond acceptors (Lipinski definition) is 5. The van der Waals surface area contributed by atoms with Crippen LogP contribution in [0.2, 0.25) is 0 Å². The molecule has 0 radical (unpaired) electrons. The number of rotatable bonds is 77. The van der Waals surface area contributed by atoms with Crippen LogP contribution in [0.25, 0.3) is 0 Å². The van der Waals surface area contributed by atoms with Gasteiger partial charge in [-0.25, -0.2) is 0 Å². The minimum atomic E-state index is -0.774. The van der Waals surface area contributed by atoms with Gasteiger partial charge in [0, 0.05) is 12.8 Å². The van der Waals surface area contributed by atoms with E-state index in [9.17, 15) is 14.7 Å². The minimum absolute atomic E-state index is 0.0619. The molecule has 0 aromatic carbocycles. The van der Waals surface area contributed by atoms with Crippen molar-refractivity contribution in [3.63, 3.8) is 0 Å². The Hall–Kier alpha value is -2.92. The van der Waals surface area contributed by atoms with Gasteiger partial charge < -0.3 is 14.6 Å². The standard InChI is InChI=1S/C87H158O5/c1-3-5-7-9-11-13-15-17-19-21-23-25-27-29-31-33-35-37-39-41-43-45-47-49-51-53-55-57-59-61-63-65-67-69-71-73-75-77-79-81-86(89)91-84-85(83-88)92-87(90)82-80-78-76-74-72-70-68-66-64-62-60-58-56-54-52-50-48-46-44-42-40-38-36-34-32-30-28-26-24-22-20-18-16-14-12-10-8-6-4-2/h6,8,12,14,18,20,24,26,30,32,36,38,42,44,85,88H,3-5,7,9-11,13,15-17,19,21-23,25,27-29,31,33-35,37,39-41,43,45-84H2,1-2H3/b8-6-,14-12-,20-18-,26-24-,32-30-,38-36-,44-42-. The maximum atomic E-state index is 12.4. The molecule has 0 rings (SSSR count). The molecule has 0 aliphatic rings. The zero-order valence-electron chi connectivity index (χ0n) is 61.8. The maximum absolute atomic E-state index is 12.4. The lowest BCUT2D eigenvalue weighted by atomic mass is 10.0. The zero-order chi connectivity index (χ0) is 66.1. The van der Waals surface area contributed by atoms with E-state index in [-0.39, 0.29) is 25.2 Å². The normalized spacial score (nSPS) is 12.6. The van der Waals surface area contributed by atoms with Crippen molar-refractivity contribution in [3.05, 3.63) is 85.1 Å². The van der Waals surface area contributed by atoms with Crippen LogP contribution in [0.5, 0.6) is 0 Å². The van der Waals surface area contributed by atoms with Crippen LogP contribution in [0, 0.1) is 0 Å². The molecule has 92 heavy (non-hydrogen) atoms. The Kier molecular flexibility index (Phi) is 79.7. The van der Waals surface area contributed by atoms with E-state index in [1.807, 2.05) is 0 Å². The van der Waals surface area contributed by atoms with Crippen LogP contribution in [0.15, 0.2) is 85.1 Å². The fraction of sp³-hybridized carbons (Fsp3) is 0.816. The molecule has 0 aliphatic heterocycles. The number of unbranched alkanes of at least 4 members (excludes halogenated alkanes) is 55. The van der Waals surface area contributed by atoms with E-state index in [2.05, 4.69) is 98.9 Å². The van der Waals surface area contributed by atoms with Crippen molar-refractivity contribution in [2.75, 3.05) is 13.2 Å². The van der Waals surface area contributed by atoms with E-state index in [1.54, 1.807) is 0 Å². The van der Waals surface area contributed by atoms with Crippen molar-refractivity contribution < 1.29 is 24.2 Å². The molecule has 1 N–H and O–H groups in total. The molecular weight excluding hydrogens is 1120 g/mol. The Bertz CT molecular complexity index is 1650. The first-order chi connectivity index (χ1) is 45.6. The Morgan fingerprint density at radius 1 is 0.261 bits per heavy atom. The summed E-state index contributed by atoms with van der Waals surface area (Å²) >= 11 is 0. The smallest absolute Gasteiger partial charge is 0.306 e. The number of carbonyl (C=O) groups is 2. The summed E-state index contributed by atoms with van der Waals surface area (Å²) in [6, 6.07) is 0. The van der Waals surface area contributed by atoms with Gasteiger partial charge >= 0.3 is 11.9 Å². The molecular formula is C87H158O5. The molecule has 5 heteroatoms. The van der Waals surface area contributed by atoms with Crippen LogP contribution in [0.3, 0.4) is 0 Å². The van der Waals surface area contributed by atoms with Gasteiger partial charge in [0.05, 0.1) is 6.61 Å². The van der Waals surface area contributed by atoms with E-state index >= 15 is 0 Å². The predicted molar refractivity (Wildman–Crippen MR) is 408 cm³/mol. The highest BCUT2D eigenvalue weighted by Gasteiger charge is 2.16. The number of carbonyl (C=O) groups excluding carboxylic acids is 2. The largest absolute Gasteiger partial charge is 0.462 e. The molecule has 5 nitrogen and oxygen atoms in total. The first-order valence-corrected chi connectivity index (χ1v) is 41.1. The minimum Gasteiger partial charge on any atom is -0.462 e. The molecule has 0 amide bonds. The fourth-order valence-electron chi connectivity index (χ4n) is 12.6. The van der Waals surface area contributed by atoms with Crippen molar-refractivity contribution in [1.29, 1.82) is 0 Å². The molecule has 536 valence electrons. The Labute approximate surface area is 575 Å². The third-order valence-corrected chi connectivity index (χ3v) is 18.7. The lowest BCUT2D eigenvalue weighted by Crippen LogP contribution is -2.28. The molecule has 0 aromatic heterocycles. The van der Waals surface area contributed by atoms with E-state index in [0.717, 1.165) is 77.0 Å². The van der Waals surface area contributed by atoms with Crippen LogP contribution < -0.4 is 0 Å². The van der Waals surface area contributed by atoms with Crippen molar-refractivity contribution >= 4 is 11.9 Å². The van der Waals surface area contributed by atoms with Crippen molar-refractivity contribution in [2.45, 2.75) is 444 Å². The monoisotopic (exact) mass is 1280 g/mol. The van der Waals surface area contributed by atoms with E-state index in [0.29, 0.717) is 12.8 Å². The summed E-state index contributed by atoms with van der Waals surface area (Å²) < 4.78 is 10.8. The van der Waals surface area contributed by atoms with Crippen LogP contribution in [0.4, 0.5) is 0 Å². The number of esters is 2. The maximum Gasteiger partial charge on any atom is 0.306 e. The third-order valence-electron chi connectivity index (χ3n) is 18.7. The number of hydrogen-bond donors (Lipinski definition) is 1. The molecule has 0 heterocycles. The predicted octanol–water partition coefficient (Wildman–Crippen LogP) is 29.1. The first kappa shape index (κ1) is 89.1. The van der Waals surface area contributed by atoms with Gasteiger partial charge in [-0.05, 0) is 70.6 Å². The summed E-state index contributed by atoms with van der Waals surface area (Å²) in [6.07, 6.45) is 117. The van der Waals surface area contributed by atoms with Gasteiger partial charge in [-0.1, -0.05) is 439 Å². The van der Waals surface area contributed by atoms with Crippen molar-refractivity contribution in [3.8, 4) is 0 Å². The molecule has 0 spiro atoms. The van der Waals surface area contributed by atoms with E-state index < -0.39 is 6.10 Å². The van der Waals surface area contributed by atoms with Crippen molar-refractivity contribution in [1.82, 2.24) is 0 Å². The Morgan fingerprint density at radius 3 is 0.707 bits per heavy atom. The second-order valence-corrected chi connectivity index (χ2v) is 27.8. The molecule has 1 atom stereocenters. The van der Waals surface area contributed by atoms with Crippen molar-refractivity contribution in [2.24, 2.45) is 0 Å². The summed E-state index contributed by atoms with van der Waals surface area (Å²) in [5.74, 6) is -0.568. The highest BCUT2D eigenvalue weighted by molar-refractivity contribution is 5.70. The van der Waals surface area contributed by atoms with E-state index in [4.69, 9.17) is 9.47 Å². The number of aliphatic hydroxyl groups is 1. The zero-order valence-corrected chi connectivity index (χ0v) is 61.8. The highest BCUT2D eigenvalue weighted by atomic mass is 16.6. The van der Waals surface area contributed by atoms with Crippen LogP contribution in [-0.2, 0) is 19.1 Å². The van der Waals surface area contributed by atoms with Gasteiger partial charge in [0.25, 0.3) is 0 Å². The van der Waals surface area contributed by atoms with Crippen LogP contribution in [0.1, 0.15) is 438 Å². The Morgan fingerprint density at radius 2 is 0.467 bits per heavy atom. The summed E-state index contributed by atoms with van der Waals surface area (Å²) in [5, 5.41) is 9.74. The molecule has 0 aromatic rings. The molecule has 0 bridgehead atoms. The molecule has 1 unspecified atom stereocenters. The highest BCUT2D eigenvalue weighted by Crippen LogP contribution is 2.20. The molecule has 0 fully saturated rings. The summed E-state index contributed by atoms with van der Waals surface area (Å²) in [5.41, 5.74) is 0. The summed E-state index contributed by atoms with van der Waals surface area (Å²) in [7, 11) is 0. The topological polar surface area (TPSA) is 72.8 Å². The number of ether oxygens (including phenoxy) is 2. The lowest BCUT2D eigenvalue weighted by molar-refractivity contribution is -0.161. The van der Waals surface area contributed by atoms with Gasteiger partial charge in [0.15, 0.2) is 6.10 Å². The first-order valence-electron chi connectivity index (χ1n) is 41.1. The van der Waals surface area contributed by atoms with E-state index in [1.165, 1.54) is 334 Å². The second-order valence-electron chi connectivity index (χ2n) is 27.8. The fourth-order valence-corrected chi connectivity index (χ4v) is 12.6. The summed E-state index contributed by atoms with van der Waals surface area (Å²) in [6.45, 7) is 4.09. The average Bonchev–Trinajstić information content (AvgIpc) is 3.75. The second kappa shape index (κ2) is 82.3. The summed E-state index contributed by atoms with van der Waals surface area (Å²) in [4.78, 5) is 24.7. The average molecular weight is 1280 g/mol. The number of allylic oxidation sites excluding steroid dienone is 14. The van der Waals surface area contributed by atoms with Gasteiger partial charge in [-0.3, -0.25) is 9.59 Å².